The number of nitrogens with zero attached hydrogens (tertiary/aromatic N) is 5. The van der Waals surface area contributed by atoms with Gasteiger partial charge in [-0.05, 0) is 28.5 Å². The predicted octanol–water partition coefficient (Wildman–Crippen LogP) is 2.32. The molecular formula is C28H27N5O7S2. The summed E-state index contributed by atoms with van der Waals surface area (Å²) in [7, 11) is 2.87. The van der Waals surface area contributed by atoms with Gasteiger partial charge in [-0.1, -0.05) is 72.4 Å². The van der Waals surface area contributed by atoms with Gasteiger partial charge in [0.15, 0.2) is 6.10 Å². The van der Waals surface area contributed by atoms with E-state index in [2.05, 4.69) is 15.5 Å². The Hall–Kier alpha value is -4.17. The second-order valence-electron chi connectivity index (χ2n) is 9.69. The van der Waals surface area contributed by atoms with Crippen LogP contribution in [0.15, 0.2) is 77.5 Å². The molecule has 5 rings (SSSR count). The summed E-state index contributed by atoms with van der Waals surface area (Å²) in [6.07, 6.45) is 0.382. The number of thioether (sulfide) groups is 2. The molecule has 0 N–H and O–H groups in total. The molecule has 42 heavy (non-hydrogen) atoms. The summed E-state index contributed by atoms with van der Waals surface area (Å²) in [5.74, 6) is -2.44. The lowest BCUT2D eigenvalue weighted by molar-refractivity contribution is -0.162. The van der Waals surface area contributed by atoms with Gasteiger partial charge < -0.3 is 19.1 Å². The molecule has 2 aliphatic rings. The third kappa shape index (κ3) is 5.90. The van der Waals surface area contributed by atoms with Gasteiger partial charge in [0, 0.05) is 13.1 Å². The van der Waals surface area contributed by atoms with Crippen LogP contribution >= 0.6 is 23.5 Å². The minimum absolute atomic E-state index is 0.0618. The Morgan fingerprint density at radius 3 is 2.31 bits per heavy atom. The lowest BCUT2D eigenvalue weighted by Gasteiger charge is -2.40. The number of benzene rings is 2. The van der Waals surface area contributed by atoms with E-state index in [0.29, 0.717) is 5.16 Å². The van der Waals surface area contributed by atoms with Crippen LogP contribution < -0.4 is 0 Å². The molecule has 2 fully saturated rings. The highest BCUT2D eigenvalue weighted by atomic mass is 32.2. The number of carbonyl (C=O) groups excluding carboxylic acids is 4. The van der Waals surface area contributed by atoms with Crippen molar-refractivity contribution in [1.82, 2.24) is 25.1 Å². The normalized spacial score (nSPS) is 22.0. The summed E-state index contributed by atoms with van der Waals surface area (Å²) < 4.78 is 16.8. The number of carbonyl (C=O) groups is 4. The van der Waals surface area contributed by atoms with Crippen LogP contribution in [-0.2, 0) is 40.4 Å². The van der Waals surface area contributed by atoms with Gasteiger partial charge in [0.2, 0.25) is 5.16 Å². The van der Waals surface area contributed by atoms with Gasteiger partial charge in [-0.3, -0.25) is 9.59 Å². The smallest absolute Gasteiger partial charge is 0.331 e. The largest absolute Gasteiger partial charge is 0.466 e. The number of methoxy groups -OCH3 is 1. The Labute approximate surface area is 249 Å². The van der Waals surface area contributed by atoms with E-state index in [1.807, 2.05) is 60.7 Å². The maximum atomic E-state index is 14.0. The number of fused-ring (bicyclic) bond motifs is 1. The molecule has 2 aliphatic heterocycles. The minimum Gasteiger partial charge on any atom is -0.466 e. The topological polar surface area (TPSA) is 143 Å². The molecule has 3 heterocycles. The van der Waals surface area contributed by atoms with Crippen molar-refractivity contribution < 1.29 is 33.4 Å². The molecule has 1 unspecified atom stereocenters. The van der Waals surface area contributed by atoms with Crippen LogP contribution in [0.25, 0.3) is 0 Å². The van der Waals surface area contributed by atoms with Crippen molar-refractivity contribution in [2.45, 2.75) is 34.3 Å². The third-order valence-corrected chi connectivity index (χ3v) is 9.36. The zero-order valence-electron chi connectivity index (χ0n) is 22.9. The van der Waals surface area contributed by atoms with E-state index < -0.39 is 46.1 Å². The van der Waals surface area contributed by atoms with Crippen molar-refractivity contribution in [3.63, 3.8) is 0 Å². The Morgan fingerprint density at radius 2 is 1.74 bits per heavy atom. The molecular weight excluding hydrogens is 582 g/mol. The number of aromatic nitrogens is 4. The molecule has 0 saturated carbocycles. The molecule has 0 aliphatic carbocycles. The highest BCUT2D eigenvalue weighted by Gasteiger charge is 2.64. The SMILES string of the molecule is COC(=O)/C=C1/C(=O)N2C1S[C@@](C)(COC(=O)CSc1nnnn1C)[C@@H]2C(=O)OC(c1ccccc1)c1ccccc1. The lowest BCUT2D eigenvalue weighted by atomic mass is 9.94. The molecule has 3 atom stereocenters. The summed E-state index contributed by atoms with van der Waals surface area (Å²) in [6, 6.07) is 17.4. The van der Waals surface area contributed by atoms with E-state index in [-0.39, 0.29) is 17.9 Å². The molecule has 0 spiro atoms. The summed E-state index contributed by atoms with van der Waals surface area (Å²) in [5.41, 5.74) is 1.71. The van der Waals surface area contributed by atoms with Crippen LogP contribution in [0.1, 0.15) is 24.2 Å². The van der Waals surface area contributed by atoms with E-state index in [1.165, 1.54) is 28.5 Å². The van der Waals surface area contributed by atoms with E-state index in [0.717, 1.165) is 29.0 Å². The number of tetrazole rings is 1. The fourth-order valence-corrected chi connectivity index (χ4v) is 6.97. The zero-order valence-corrected chi connectivity index (χ0v) is 24.5. The number of aryl methyl sites for hydroxylation is 1. The first-order valence-corrected chi connectivity index (χ1v) is 14.7. The molecule has 218 valence electrons. The Kier molecular flexibility index (Phi) is 8.64. The summed E-state index contributed by atoms with van der Waals surface area (Å²) in [5, 5.41) is 10.9. The molecule has 0 radical (unpaired) electrons. The molecule has 14 heteroatoms. The molecule has 1 amide bonds. The number of amides is 1. The van der Waals surface area contributed by atoms with Gasteiger partial charge in [0.1, 0.15) is 18.0 Å². The first kappa shape index (κ1) is 29.3. The quantitative estimate of drug-likeness (QED) is 0.109. The molecule has 0 bridgehead atoms. The molecule has 2 aromatic carbocycles. The van der Waals surface area contributed by atoms with Crippen LogP contribution in [0.3, 0.4) is 0 Å². The second-order valence-corrected chi connectivity index (χ2v) is 12.3. The lowest BCUT2D eigenvalue weighted by Crippen LogP contribution is -2.60. The highest BCUT2D eigenvalue weighted by molar-refractivity contribution is 8.02. The Balaban J connectivity index is 1.39. The van der Waals surface area contributed by atoms with Crippen LogP contribution in [0, 0.1) is 0 Å². The molecule has 1 aromatic heterocycles. The van der Waals surface area contributed by atoms with Crippen molar-refractivity contribution in [3.8, 4) is 0 Å². The van der Waals surface area contributed by atoms with Crippen LogP contribution in [0.2, 0.25) is 0 Å². The van der Waals surface area contributed by atoms with Gasteiger partial charge in [-0.15, -0.1) is 16.9 Å². The van der Waals surface area contributed by atoms with Crippen LogP contribution in [0.5, 0.6) is 0 Å². The van der Waals surface area contributed by atoms with Gasteiger partial charge in [0.25, 0.3) is 5.91 Å². The van der Waals surface area contributed by atoms with E-state index in [1.54, 1.807) is 14.0 Å². The average Bonchev–Trinajstić information content (AvgIpc) is 3.55. The second kappa shape index (κ2) is 12.4. The van der Waals surface area contributed by atoms with Crippen LogP contribution in [-0.4, -0.2) is 84.6 Å². The van der Waals surface area contributed by atoms with Crippen molar-refractivity contribution in [2.24, 2.45) is 7.05 Å². The minimum atomic E-state index is -1.10. The predicted molar refractivity (Wildman–Crippen MR) is 152 cm³/mol. The van der Waals surface area contributed by atoms with Crippen molar-refractivity contribution >= 4 is 47.3 Å². The van der Waals surface area contributed by atoms with Gasteiger partial charge in [-0.25, -0.2) is 14.3 Å². The number of hydrogen-bond acceptors (Lipinski definition) is 12. The standard InChI is InChI=1S/C28H27N5O7S2/c1-28(16-39-21(35)15-41-27-29-30-31-32(27)2)23(33-24(36)19(25(33)42-28)14-20(34)38-3)26(37)40-22(17-10-6-4-7-11-17)18-12-8-5-9-13-18/h4-14,22-23,25H,15-16H2,1-3H3/b19-14-/t23-,25?,28-/m0/s1. The van der Waals surface area contributed by atoms with Crippen molar-refractivity contribution in [1.29, 1.82) is 0 Å². The van der Waals surface area contributed by atoms with E-state index in [9.17, 15) is 19.2 Å². The fourth-order valence-electron chi connectivity index (χ4n) is 4.72. The maximum Gasteiger partial charge on any atom is 0.331 e. The zero-order chi connectivity index (χ0) is 29.9. The molecule has 12 nitrogen and oxygen atoms in total. The van der Waals surface area contributed by atoms with Gasteiger partial charge in [-0.2, -0.15) is 0 Å². The molecule has 2 saturated heterocycles. The molecule has 3 aromatic rings. The monoisotopic (exact) mass is 609 g/mol. The van der Waals surface area contributed by atoms with Crippen LogP contribution in [0.4, 0.5) is 0 Å². The fraction of sp³-hybridized carbons (Fsp3) is 0.321. The average molecular weight is 610 g/mol. The number of β-lactam (4-membered cyclic amide) rings is 1. The van der Waals surface area contributed by atoms with E-state index in [4.69, 9.17) is 14.2 Å². The number of rotatable bonds is 10. The van der Waals surface area contributed by atoms with Crippen molar-refractivity contribution in [2.75, 3.05) is 19.5 Å². The number of hydrogen-bond donors (Lipinski definition) is 0. The third-order valence-electron chi connectivity index (χ3n) is 6.79. The Bertz CT molecular complexity index is 1480. The number of esters is 3. The maximum absolute atomic E-state index is 14.0. The summed E-state index contributed by atoms with van der Waals surface area (Å²) in [4.78, 5) is 53.2. The van der Waals surface area contributed by atoms with Gasteiger partial charge in [0.05, 0.1) is 23.2 Å². The first-order valence-electron chi connectivity index (χ1n) is 12.8. The Morgan fingerprint density at radius 1 is 1.10 bits per heavy atom. The summed E-state index contributed by atoms with van der Waals surface area (Å²) in [6.45, 7) is 1.54. The van der Waals surface area contributed by atoms with Gasteiger partial charge >= 0.3 is 17.9 Å². The highest BCUT2D eigenvalue weighted by Crippen LogP contribution is 2.54. The number of ether oxygens (including phenoxy) is 3. The summed E-state index contributed by atoms with van der Waals surface area (Å²) >= 11 is 2.36. The van der Waals surface area contributed by atoms with Crippen molar-refractivity contribution in [3.05, 3.63) is 83.4 Å². The van der Waals surface area contributed by atoms with E-state index >= 15 is 0 Å². The first-order chi connectivity index (χ1) is 20.2.